The molecule has 132 valence electrons. The third-order valence-electron chi connectivity index (χ3n) is 4.13. The molecule has 1 fully saturated rings. The Hall–Kier alpha value is -2.44. The van der Waals surface area contributed by atoms with Crippen LogP contribution in [0, 0.1) is 0 Å². The van der Waals surface area contributed by atoms with Crippen molar-refractivity contribution in [1.82, 2.24) is 15.2 Å². The SMILES string of the molecule is COc1cccc(CNC(=O)[C@@H]2CN(Cc3ccccc3)CCO2)n1. The Kier molecular flexibility index (Phi) is 5.98. The van der Waals surface area contributed by atoms with Crippen LogP contribution in [0.1, 0.15) is 11.3 Å². The van der Waals surface area contributed by atoms with Crippen LogP contribution in [0.5, 0.6) is 5.88 Å². The monoisotopic (exact) mass is 341 g/mol. The Balaban J connectivity index is 1.51. The lowest BCUT2D eigenvalue weighted by molar-refractivity contribution is -0.139. The minimum atomic E-state index is -0.455. The molecule has 1 N–H and O–H groups in total. The van der Waals surface area contributed by atoms with E-state index < -0.39 is 6.10 Å². The Morgan fingerprint density at radius 2 is 2.12 bits per heavy atom. The van der Waals surface area contributed by atoms with Crippen LogP contribution in [-0.4, -0.2) is 48.7 Å². The summed E-state index contributed by atoms with van der Waals surface area (Å²) >= 11 is 0. The van der Waals surface area contributed by atoms with E-state index in [9.17, 15) is 4.79 Å². The number of benzene rings is 1. The van der Waals surface area contributed by atoms with E-state index in [1.807, 2.05) is 30.3 Å². The molecular formula is C19H23N3O3. The molecule has 1 aromatic heterocycles. The summed E-state index contributed by atoms with van der Waals surface area (Å²) in [5.74, 6) is 0.428. The first-order valence-corrected chi connectivity index (χ1v) is 8.40. The van der Waals surface area contributed by atoms with Gasteiger partial charge in [0.05, 0.1) is 26.0 Å². The minimum Gasteiger partial charge on any atom is -0.481 e. The van der Waals surface area contributed by atoms with Crippen LogP contribution >= 0.6 is 0 Å². The van der Waals surface area contributed by atoms with Gasteiger partial charge in [-0.15, -0.1) is 0 Å². The summed E-state index contributed by atoms with van der Waals surface area (Å²) in [6, 6.07) is 15.7. The van der Waals surface area contributed by atoms with Crippen molar-refractivity contribution in [3.63, 3.8) is 0 Å². The number of nitrogens with one attached hydrogen (secondary N) is 1. The Labute approximate surface area is 147 Å². The Morgan fingerprint density at radius 1 is 1.28 bits per heavy atom. The number of hydrogen-bond donors (Lipinski definition) is 1. The maximum Gasteiger partial charge on any atom is 0.250 e. The summed E-state index contributed by atoms with van der Waals surface area (Å²) in [6.45, 7) is 3.16. The van der Waals surface area contributed by atoms with Gasteiger partial charge in [0.1, 0.15) is 6.10 Å². The lowest BCUT2D eigenvalue weighted by atomic mass is 10.2. The number of carbonyl (C=O) groups is 1. The van der Waals surface area contributed by atoms with Crippen LogP contribution in [0.2, 0.25) is 0 Å². The van der Waals surface area contributed by atoms with Gasteiger partial charge in [-0.05, 0) is 11.6 Å². The van der Waals surface area contributed by atoms with Crippen molar-refractivity contribution in [2.75, 3.05) is 26.8 Å². The number of hydrogen-bond acceptors (Lipinski definition) is 5. The second-order valence-corrected chi connectivity index (χ2v) is 5.97. The van der Waals surface area contributed by atoms with Crippen molar-refractivity contribution < 1.29 is 14.3 Å². The highest BCUT2D eigenvalue weighted by Crippen LogP contribution is 2.11. The summed E-state index contributed by atoms with van der Waals surface area (Å²) in [4.78, 5) is 18.9. The maximum absolute atomic E-state index is 12.4. The lowest BCUT2D eigenvalue weighted by Crippen LogP contribution is -2.49. The van der Waals surface area contributed by atoms with E-state index >= 15 is 0 Å². The summed E-state index contributed by atoms with van der Waals surface area (Å²) in [5.41, 5.74) is 1.99. The zero-order valence-corrected chi connectivity index (χ0v) is 14.4. The molecule has 0 unspecified atom stereocenters. The molecule has 25 heavy (non-hydrogen) atoms. The summed E-state index contributed by atoms with van der Waals surface area (Å²) < 4.78 is 10.7. The quantitative estimate of drug-likeness (QED) is 0.865. The fourth-order valence-electron chi connectivity index (χ4n) is 2.81. The zero-order valence-electron chi connectivity index (χ0n) is 14.4. The molecule has 1 atom stereocenters. The smallest absolute Gasteiger partial charge is 0.250 e. The van der Waals surface area contributed by atoms with Crippen molar-refractivity contribution in [1.29, 1.82) is 0 Å². The number of pyridine rings is 1. The van der Waals surface area contributed by atoms with Crippen molar-refractivity contribution in [2.45, 2.75) is 19.2 Å². The van der Waals surface area contributed by atoms with Gasteiger partial charge in [-0.3, -0.25) is 9.69 Å². The summed E-state index contributed by atoms with van der Waals surface area (Å²) in [7, 11) is 1.57. The lowest BCUT2D eigenvalue weighted by Gasteiger charge is -2.32. The van der Waals surface area contributed by atoms with Gasteiger partial charge in [0, 0.05) is 25.7 Å². The molecule has 2 aromatic rings. The number of rotatable bonds is 6. The molecule has 0 aliphatic carbocycles. The van der Waals surface area contributed by atoms with E-state index in [4.69, 9.17) is 9.47 Å². The van der Waals surface area contributed by atoms with Gasteiger partial charge in [-0.1, -0.05) is 36.4 Å². The number of nitrogens with zero attached hydrogens (tertiary/aromatic N) is 2. The second kappa shape index (κ2) is 8.60. The van der Waals surface area contributed by atoms with Crippen LogP contribution in [0.4, 0.5) is 0 Å². The first-order valence-electron chi connectivity index (χ1n) is 8.40. The minimum absolute atomic E-state index is 0.109. The molecule has 1 aromatic carbocycles. The highest BCUT2D eigenvalue weighted by atomic mass is 16.5. The molecule has 6 heteroatoms. The predicted molar refractivity (Wildman–Crippen MR) is 94.1 cm³/mol. The average Bonchev–Trinajstić information content (AvgIpc) is 2.67. The van der Waals surface area contributed by atoms with Crippen molar-refractivity contribution in [2.24, 2.45) is 0 Å². The first kappa shape index (κ1) is 17.4. The number of aromatic nitrogens is 1. The predicted octanol–water partition coefficient (Wildman–Crippen LogP) is 1.61. The van der Waals surface area contributed by atoms with E-state index in [0.717, 1.165) is 18.8 Å². The first-order chi connectivity index (χ1) is 12.2. The van der Waals surface area contributed by atoms with Gasteiger partial charge in [0.15, 0.2) is 0 Å². The Bertz CT molecular complexity index is 693. The van der Waals surface area contributed by atoms with Crippen LogP contribution in [-0.2, 0) is 22.6 Å². The van der Waals surface area contributed by atoms with Gasteiger partial charge in [-0.25, -0.2) is 4.98 Å². The zero-order chi connectivity index (χ0) is 17.5. The molecule has 1 aliphatic heterocycles. The number of amides is 1. The molecule has 0 bridgehead atoms. The molecule has 1 saturated heterocycles. The standard InChI is InChI=1S/C19H23N3O3/c1-24-18-9-5-8-16(21-18)12-20-19(23)17-14-22(10-11-25-17)13-15-6-3-2-4-7-15/h2-9,17H,10-14H2,1H3,(H,20,23)/t17-/m0/s1. The highest BCUT2D eigenvalue weighted by molar-refractivity contribution is 5.81. The Morgan fingerprint density at radius 3 is 2.92 bits per heavy atom. The van der Waals surface area contributed by atoms with E-state index in [2.05, 4.69) is 27.3 Å². The number of methoxy groups -OCH3 is 1. The van der Waals surface area contributed by atoms with Gasteiger partial charge < -0.3 is 14.8 Å². The molecule has 3 rings (SSSR count). The van der Waals surface area contributed by atoms with Crippen LogP contribution in [0.15, 0.2) is 48.5 Å². The van der Waals surface area contributed by atoms with Crippen LogP contribution < -0.4 is 10.1 Å². The number of carbonyl (C=O) groups excluding carboxylic acids is 1. The summed E-state index contributed by atoms with van der Waals surface area (Å²) in [5, 5.41) is 2.90. The average molecular weight is 341 g/mol. The molecule has 1 aliphatic rings. The molecule has 1 amide bonds. The van der Waals surface area contributed by atoms with Crippen molar-refractivity contribution in [3.05, 3.63) is 59.8 Å². The van der Waals surface area contributed by atoms with Crippen molar-refractivity contribution in [3.8, 4) is 5.88 Å². The molecule has 0 radical (unpaired) electrons. The summed E-state index contributed by atoms with van der Waals surface area (Å²) in [6.07, 6.45) is -0.455. The van der Waals surface area contributed by atoms with E-state index in [0.29, 0.717) is 25.6 Å². The largest absolute Gasteiger partial charge is 0.481 e. The second-order valence-electron chi connectivity index (χ2n) is 5.97. The van der Waals surface area contributed by atoms with Gasteiger partial charge in [-0.2, -0.15) is 0 Å². The molecular weight excluding hydrogens is 318 g/mol. The molecule has 0 saturated carbocycles. The van der Waals surface area contributed by atoms with Crippen LogP contribution in [0.25, 0.3) is 0 Å². The molecule has 2 heterocycles. The third kappa shape index (κ3) is 5.01. The number of morpholine rings is 1. The highest BCUT2D eigenvalue weighted by Gasteiger charge is 2.26. The van der Waals surface area contributed by atoms with E-state index in [1.54, 1.807) is 13.2 Å². The van der Waals surface area contributed by atoms with Crippen molar-refractivity contribution >= 4 is 5.91 Å². The van der Waals surface area contributed by atoms with E-state index in [-0.39, 0.29) is 5.91 Å². The van der Waals surface area contributed by atoms with Crippen LogP contribution in [0.3, 0.4) is 0 Å². The number of ether oxygens (including phenoxy) is 2. The maximum atomic E-state index is 12.4. The van der Waals surface area contributed by atoms with Gasteiger partial charge in [0.2, 0.25) is 5.88 Å². The topological polar surface area (TPSA) is 63.7 Å². The normalized spacial score (nSPS) is 17.9. The molecule has 6 nitrogen and oxygen atoms in total. The van der Waals surface area contributed by atoms with Gasteiger partial charge in [0.25, 0.3) is 5.91 Å². The van der Waals surface area contributed by atoms with E-state index in [1.165, 1.54) is 5.56 Å². The van der Waals surface area contributed by atoms with Gasteiger partial charge >= 0.3 is 0 Å². The third-order valence-corrected chi connectivity index (χ3v) is 4.13. The fraction of sp³-hybridized carbons (Fsp3) is 0.368. The fourth-order valence-corrected chi connectivity index (χ4v) is 2.81. The molecule has 0 spiro atoms.